The molecule has 0 unspecified atom stereocenters. The molecule has 5 heteroatoms. The number of carbonyl (C=O) groups excluding carboxylic acids is 1. The maximum absolute atomic E-state index is 11.4. The normalized spacial score (nSPS) is 10.5. The fourth-order valence-corrected chi connectivity index (χ4v) is 1.64. The second kappa shape index (κ2) is 6.85. The lowest BCUT2D eigenvalue weighted by molar-refractivity contribution is -0.121. The van der Waals surface area contributed by atoms with E-state index in [1.165, 1.54) is 0 Å². The lowest BCUT2D eigenvalue weighted by Crippen LogP contribution is -2.35. The predicted molar refractivity (Wildman–Crippen MR) is 68.3 cm³/mol. The number of carbonyl (C=O) groups is 1. The summed E-state index contributed by atoms with van der Waals surface area (Å²) in [5.41, 5.74) is 6.75. The van der Waals surface area contributed by atoms with Crippen molar-refractivity contribution in [3.8, 4) is 0 Å². The van der Waals surface area contributed by atoms with Gasteiger partial charge in [-0.15, -0.1) is 0 Å². The van der Waals surface area contributed by atoms with Crippen molar-refractivity contribution in [1.29, 1.82) is 0 Å². The second-order valence-corrected chi connectivity index (χ2v) is 3.93. The topological polar surface area (TPSA) is 71.2 Å². The number of hydrogen-bond acceptors (Lipinski definition) is 4. The summed E-state index contributed by atoms with van der Waals surface area (Å²) in [7, 11) is 1.64. The summed E-state index contributed by atoms with van der Waals surface area (Å²) in [5.74, 6) is 0.548. The fourth-order valence-electron chi connectivity index (χ4n) is 1.64. The van der Waals surface area contributed by atoms with Gasteiger partial charge in [0.05, 0.1) is 6.54 Å². The first-order valence-corrected chi connectivity index (χ1v) is 5.79. The lowest BCUT2D eigenvalue weighted by Gasteiger charge is -2.21. The van der Waals surface area contributed by atoms with Crippen LogP contribution >= 0.6 is 0 Å². The lowest BCUT2D eigenvalue weighted by atomic mass is 10.2. The molecule has 5 nitrogen and oxygen atoms in total. The zero-order valence-corrected chi connectivity index (χ0v) is 10.4. The summed E-state index contributed by atoms with van der Waals surface area (Å²) < 4.78 is 0. The Morgan fingerprint density at radius 3 is 2.94 bits per heavy atom. The highest BCUT2D eigenvalue weighted by Crippen LogP contribution is 2.10. The number of nitrogen functional groups attached to an aromatic ring is 1. The first-order chi connectivity index (χ1) is 8.17. The number of anilines is 1. The van der Waals surface area contributed by atoms with Gasteiger partial charge in [0.15, 0.2) is 0 Å². The van der Waals surface area contributed by atoms with Gasteiger partial charge in [0, 0.05) is 25.4 Å². The molecule has 94 valence electrons. The monoisotopic (exact) mass is 236 g/mol. The molecule has 1 aromatic rings. The van der Waals surface area contributed by atoms with Gasteiger partial charge in [-0.2, -0.15) is 0 Å². The Morgan fingerprint density at radius 1 is 1.59 bits per heavy atom. The molecular formula is C12H20N4O. The van der Waals surface area contributed by atoms with Crippen LogP contribution in [0.1, 0.15) is 18.9 Å². The molecule has 1 amide bonds. The summed E-state index contributed by atoms with van der Waals surface area (Å²) in [6.07, 6.45) is 2.67. The van der Waals surface area contributed by atoms with Crippen LogP contribution in [0.2, 0.25) is 0 Å². The number of nitrogens with zero attached hydrogens (tertiary/aromatic N) is 2. The van der Waals surface area contributed by atoms with Crippen molar-refractivity contribution >= 4 is 11.7 Å². The molecule has 0 saturated heterocycles. The molecule has 0 aliphatic rings. The smallest absolute Gasteiger partial charge is 0.233 e. The Balaban J connectivity index is 2.66. The largest absolute Gasteiger partial charge is 0.383 e. The molecule has 0 radical (unpaired) electrons. The number of nitrogens with two attached hydrogens (primary N) is 1. The van der Waals surface area contributed by atoms with Crippen molar-refractivity contribution in [1.82, 2.24) is 15.2 Å². The van der Waals surface area contributed by atoms with E-state index in [0.717, 1.165) is 18.5 Å². The number of amides is 1. The molecule has 0 atom stereocenters. The summed E-state index contributed by atoms with van der Waals surface area (Å²) >= 11 is 0. The molecule has 0 aromatic carbocycles. The van der Waals surface area contributed by atoms with Crippen LogP contribution in [0.25, 0.3) is 0 Å². The molecule has 3 N–H and O–H groups in total. The van der Waals surface area contributed by atoms with Crippen LogP contribution in [-0.4, -0.2) is 35.9 Å². The molecule has 0 saturated carbocycles. The van der Waals surface area contributed by atoms with Crippen molar-refractivity contribution in [2.45, 2.75) is 19.9 Å². The van der Waals surface area contributed by atoms with E-state index >= 15 is 0 Å². The Kier molecular flexibility index (Phi) is 5.42. The van der Waals surface area contributed by atoms with Crippen LogP contribution in [0.15, 0.2) is 18.3 Å². The highest BCUT2D eigenvalue weighted by Gasteiger charge is 2.11. The highest BCUT2D eigenvalue weighted by molar-refractivity contribution is 5.77. The maximum Gasteiger partial charge on any atom is 0.233 e. The van der Waals surface area contributed by atoms with Crippen LogP contribution in [0.5, 0.6) is 0 Å². The van der Waals surface area contributed by atoms with Crippen molar-refractivity contribution in [2.24, 2.45) is 0 Å². The van der Waals surface area contributed by atoms with E-state index in [1.807, 2.05) is 12.1 Å². The van der Waals surface area contributed by atoms with Gasteiger partial charge in [-0.25, -0.2) is 4.98 Å². The Hall–Kier alpha value is -1.62. The van der Waals surface area contributed by atoms with E-state index in [1.54, 1.807) is 13.2 Å². The Bertz CT molecular complexity index is 367. The van der Waals surface area contributed by atoms with Gasteiger partial charge in [0.2, 0.25) is 5.91 Å². The van der Waals surface area contributed by atoms with Crippen LogP contribution in [0, 0.1) is 0 Å². The third-order valence-corrected chi connectivity index (χ3v) is 2.51. The molecule has 1 heterocycles. The standard InChI is InChI=1S/C12H20N4O/c1-3-7-16(9-11(17)14-2)8-10-5-4-6-15-12(10)13/h4-6H,3,7-9H2,1-2H3,(H2,13,15)(H,14,17). The minimum Gasteiger partial charge on any atom is -0.383 e. The van der Waals surface area contributed by atoms with Crippen LogP contribution < -0.4 is 11.1 Å². The number of aromatic nitrogens is 1. The summed E-state index contributed by atoms with van der Waals surface area (Å²) in [5, 5.41) is 2.63. The SMILES string of the molecule is CCCN(CC(=O)NC)Cc1cccnc1N. The van der Waals surface area contributed by atoms with Gasteiger partial charge in [0.1, 0.15) is 5.82 Å². The molecule has 1 aromatic heterocycles. The zero-order valence-electron chi connectivity index (χ0n) is 10.4. The van der Waals surface area contributed by atoms with Gasteiger partial charge in [-0.05, 0) is 19.0 Å². The van der Waals surface area contributed by atoms with Gasteiger partial charge < -0.3 is 11.1 Å². The number of likely N-dealkylation sites (N-methyl/N-ethyl adjacent to an activating group) is 1. The van der Waals surface area contributed by atoms with E-state index in [4.69, 9.17) is 5.73 Å². The first kappa shape index (κ1) is 13.4. The minimum atomic E-state index is 0.0147. The van der Waals surface area contributed by atoms with Crippen molar-refractivity contribution < 1.29 is 4.79 Å². The van der Waals surface area contributed by atoms with Crippen molar-refractivity contribution in [3.63, 3.8) is 0 Å². The average Bonchev–Trinajstić information content (AvgIpc) is 2.32. The van der Waals surface area contributed by atoms with Crippen molar-refractivity contribution in [3.05, 3.63) is 23.9 Å². The van der Waals surface area contributed by atoms with Gasteiger partial charge in [-0.1, -0.05) is 13.0 Å². The maximum atomic E-state index is 11.4. The molecule has 1 rings (SSSR count). The molecule has 0 bridgehead atoms. The summed E-state index contributed by atoms with van der Waals surface area (Å²) in [6.45, 7) is 3.99. The summed E-state index contributed by atoms with van der Waals surface area (Å²) in [4.78, 5) is 17.5. The second-order valence-electron chi connectivity index (χ2n) is 3.93. The number of rotatable bonds is 6. The molecule has 0 fully saturated rings. The van der Waals surface area contributed by atoms with E-state index in [9.17, 15) is 4.79 Å². The van der Waals surface area contributed by atoms with Gasteiger partial charge in [0.25, 0.3) is 0 Å². The first-order valence-electron chi connectivity index (χ1n) is 5.79. The molecule has 0 aliphatic heterocycles. The molecule has 0 spiro atoms. The van der Waals surface area contributed by atoms with Gasteiger partial charge in [-0.3, -0.25) is 9.69 Å². The quantitative estimate of drug-likeness (QED) is 0.759. The zero-order chi connectivity index (χ0) is 12.7. The van der Waals surface area contributed by atoms with E-state index in [2.05, 4.69) is 22.1 Å². The van der Waals surface area contributed by atoms with E-state index < -0.39 is 0 Å². The fraction of sp³-hybridized carbons (Fsp3) is 0.500. The minimum absolute atomic E-state index is 0.0147. The summed E-state index contributed by atoms with van der Waals surface area (Å²) in [6, 6.07) is 3.80. The number of pyridine rings is 1. The van der Waals surface area contributed by atoms with E-state index in [0.29, 0.717) is 18.9 Å². The predicted octanol–water partition coefficient (Wildman–Crippen LogP) is 0.622. The van der Waals surface area contributed by atoms with E-state index in [-0.39, 0.29) is 5.91 Å². The molecular weight excluding hydrogens is 216 g/mol. The molecule has 0 aliphatic carbocycles. The Morgan fingerprint density at radius 2 is 2.35 bits per heavy atom. The van der Waals surface area contributed by atoms with Crippen LogP contribution in [0.3, 0.4) is 0 Å². The Labute approximate surface area is 102 Å². The van der Waals surface area contributed by atoms with Crippen molar-refractivity contribution in [2.75, 3.05) is 25.9 Å². The highest BCUT2D eigenvalue weighted by atomic mass is 16.1. The molecule has 17 heavy (non-hydrogen) atoms. The third kappa shape index (κ3) is 4.40. The van der Waals surface area contributed by atoms with Crippen LogP contribution in [-0.2, 0) is 11.3 Å². The number of nitrogens with one attached hydrogen (secondary N) is 1. The number of hydrogen-bond donors (Lipinski definition) is 2. The average molecular weight is 236 g/mol. The third-order valence-electron chi connectivity index (χ3n) is 2.51. The van der Waals surface area contributed by atoms with Crippen LogP contribution in [0.4, 0.5) is 5.82 Å². The van der Waals surface area contributed by atoms with Gasteiger partial charge >= 0.3 is 0 Å².